The van der Waals surface area contributed by atoms with Crippen molar-refractivity contribution >= 4 is 29.0 Å². The minimum atomic E-state index is 0.0817. The molecule has 2 saturated heterocycles. The van der Waals surface area contributed by atoms with E-state index >= 15 is 0 Å². The maximum absolute atomic E-state index is 12.2. The molecular weight excluding hydrogens is 271 g/mol. The van der Waals surface area contributed by atoms with Crippen LogP contribution < -0.4 is 0 Å². The first kappa shape index (κ1) is 12.5. The van der Waals surface area contributed by atoms with Crippen LogP contribution in [0, 0.1) is 5.92 Å². The summed E-state index contributed by atoms with van der Waals surface area (Å²) in [6.07, 6.45) is 3.94. The molecule has 2 heterocycles. The van der Waals surface area contributed by atoms with Crippen LogP contribution in [0.25, 0.3) is 0 Å². The van der Waals surface area contributed by atoms with Crippen LogP contribution in [0.4, 0.5) is 0 Å². The second-order valence-corrected chi connectivity index (χ2v) is 5.92. The molecule has 2 nitrogen and oxygen atoms in total. The van der Waals surface area contributed by atoms with Gasteiger partial charge in [-0.15, -0.1) is 0 Å². The van der Waals surface area contributed by atoms with Crippen molar-refractivity contribution in [2.24, 2.45) is 5.92 Å². The highest BCUT2D eigenvalue weighted by Crippen LogP contribution is 2.39. The topological polar surface area (TPSA) is 26.3 Å². The fraction of sp³-hybridized carbons (Fsp3) is 0.500. The standard InChI is InChI=1S/C14H14Cl2O2/c15-11-3-1-8(5-12(11)16)6-13(17)10-7-9-2-4-14(10)18-9/h1,3,5,9-10,14H,2,4,6-7H2. The lowest BCUT2D eigenvalue weighted by Gasteiger charge is -2.17. The summed E-state index contributed by atoms with van der Waals surface area (Å²) in [6.45, 7) is 0. The van der Waals surface area contributed by atoms with Crippen molar-refractivity contribution in [3.8, 4) is 0 Å². The molecule has 0 amide bonds. The molecule has 4 heteroatoms. The van der Waals surface area contributed by atoms with Gasteiger partial charge in [0.1, 0.15) is 5.78 Å². The van der Waals surface area contributed by atoms with Crippen molar-refractivity contribution in [3.63, 3.8) is 0 Å². The Morgan fingerprint density at radius 3 is 2.72 bits per heavy atom. The van der Waals surface area contributed by atoms with Gasteiger partial charge < -0.3 is 4.74 Å². The summed E-state index contributed by atoms with van der Waals surface area (Å²) in [4.78, 5) is 12.2. The van der Waals surface area contributed by atoms with Gasteiger partial charge in [0.15, 0.2) is 0 Å². The highest BCUT2D eigenvalue weighted by Gasteiger charge is 2.43. The van der Waals surface area contributed by atoms with E-state index in [1.165, 1.54) is 0 Å². The number of hydrogen-bond donors (Lipinski definition) is 0. The van der Waals surface area contributed by atoms with Gasteiger partial charge in [0.2, 0.25) is 0 Å². The predicted molar refractivity (Wildman–Crippen MR) is 71.2 cm³/mol. The van der Waals surface area contributed by atoms with E-state index in [1.807, 2.05) is 6.07 Å². The number of ether oxygens (including phenoxy) is 1. The predicted octanol–water partition coefficient (Wildman–Crippen LogP) is 3.67. The third-order valence-electron chi connectivity index (χ3n) is 3.88. The molecule has 0 N–H and O–H groups in total. The van der Waals surface area contributed by atoms with Crippen molar-refractivity contribution < 1.29 is 9.53 Å². The molecule has 2 aliphatic rings. The number of ketones is 1. The van der Waals surface area contributed by atoms with E-state index in [4.69, 9.17) is 27.9 Å². The van der Waals surface area contributed by atoms with Gasteiger partial charge in [-0.05, 0) is 37.0 Å². The van der Waals surface area contributed by atoms with Crippen molar-refractivity contribution in [2.45, 2.75) is 37.9 Å². The molecule has 0 radical (unpaired) electrons. The molecule has 1 aromatic carbocycles. The summed E-state index contributed by atoms with van der Waals surface area (Å²) in [7, 11) is 0. The number of rotatable bonds is 3. The van der Waals surface area contributed by atoms with Gasteiger partial charge >= 0.3 is 0 Å². The molecular formula is C14H14Cl2O2. The molecule has 1 aromatic rings. The van der Waals surface area contributed by atoms with E-state index < -0.39 is 0 Å². The minimum Gasteiger partial charge on any atom is -0.374 e. The van der Waals surface area contributed by atoms with Crippen molar-refractivity contribution in [1.29, 1.82) is 0 Å². The Morgan fingerprint density at radius 2 is 2.11 bits per heavy atom. The Hall–Kier alpha value is -0.570. The molecule has 3 rings (SSSR count). The van der Waals surface area contributed by atoms with Crippen LogP contribution in [0.1, 0.15) is 24.8 Å². The van der Waals surface area contributed by atoms with Crippen LogP contribution in [0.15, 0.2) is 18.2 Å². The van der Waals surface area contributed by atoms with Gasteiger partial charge in [0.25, 0.3) is 0 Å². The van der Waals surface area contributed by atoms with Gasteiger partial charge in [0, 0.05) is 12.3 Å². The number of carbonyl (C=O) groups excluding carboxylic acids is 1. The lowest BCUT2D eigenvalue weighted by Crippen LogP contribution is -2.26. The Kier molecular flexibility index (Phi) is 3.35. The average Bonchev–Trinajstić information content (AvgIpc) is 2.96. The summed E-state index contributed by atoms with van der Waals surface area (Å²) in [5.74, 6) is 0.346. The van der Waals surface area contributed by atoms with Gasteiger partial charge in [0.05, 0.1) is 22.3 Å². The molecule has 0 aliphatic carbocycles. The largest absolute Gasteiger partial charge is 0.374 e. The van der Waals surface area contributed by atoms with E-state index in [-0.39, 0.29) is 17.8 Å². The fourth-order valence-corrected chi connectivity index (χ4v) is 3.28. The third kappa shape index (κ3) is 2.29. The summed E-state index contributed by atoms with van der Waals surface area (Å²) in [5.41, 5.74) is 0.928. The summed E-state index contributed by atoms with van der Waals surface area (Å²) < 4.78 is 5.72. The molecule has 0 saturated carbocycles. The molecule has 0 spiro atoms. The smallest absolute Gasteiger partial charge is 0.143 e. The van der Waals surface area contributed by atoms with E-state index in [1.54, 1.807) is 12.1 Å². The zero-order valence-corrected chi connectivity index (χ0v) is 11.4. The monoisotopic (exact) mass is 284 g/mol. The number of hydrogen-bond acceptors (Lipinski definition) is 2. The number of halogens is 2. The SMILES string of the molecule is O=C(Cc1ccc(Cl)c(Cl)c1)C1CC2CCC1O2. The molecule has 3 atom stereocenters. The third-order valence-corrected chi connectivity index (χ3v) is 4.62. The average molecular weight is 285 g/mol. The number of fused-ring (bicyclic) bond motifs is 2. The lowest BCUT2D eigenvalue weighted by atomic mass is 9.84. The fourth-order valence-electron chi connectivity index (χ4n) is 2.96. The van der Waals surface area contributed by atoms with Crippen molar-refractivity contribution in [1.82, 2.24) is 0 Å². The molecule has 2 fully saturated rings. The number of Topliss-reactive ketones (excluding diaryl/α,β-unsaturated/α-hetero) is 1. The van der Waals surface area contributed by atoms with Crippen LogP contribution >= 0.6 is 23.2 Å². The summed E-state index contributed by atoms with van der Waals surface area (Å²) in [5, 5.41) is 1.03. The summed E-state index contributed by atoms with van der Waals surface area (Å²) in [6, 6.07) is 5.37. The highest BCUT2D eigenvalue weighted by molar-refractivity contribution is 6.42. The van der Waals surface area contributed by atoms with Crippen LogP contribution in [0.3, 0.4) is 0 Å². The second kappa shape index (κ2) is 4.84. The molecule has 18 heavy (non-hydrogen) atoms. The van der Waals surface area contributed by atoms with Crippen molar-refractivity contribution in [2.75, 3.05) is 0 Å². The zero-order chi connectivity index (χ0) is 12.7. The lowest BCUT2D eigenvalue weighted by molar-refractivity contribution is -0.123. The molecule has 2 aliphatic heterocycles. The van der Waals surface area contributed by atoms with Gasteiger partial charge in [-0.25, -0.2) is 0 Å². The first-order valence-electron chi connectivity index (χ1n) is 6.25. The second-order valence-electron chi connectivity index (χ2n) is 5.11. The molecule has 3 unspecified atom stereocenters. The maximum atomic E-state index is 12.2. The Morgan fingerprint density at radius 1 is 1.28 bits per heavy atom. The first-order chi connectivity index (χ1) is 8.63. The zero-order valence-electron chi connectivity index (χ0n) is 9.86. The van der Waals surface area contributed by atoms with E-state index in [9.17, 15) is 4.79 Å². The molecule has 2 bridgehead atoms. The van der Waals surface area contributed by atoms with Crippen molar-refractivity contribution in [3.05, 3.63) is 33.8 Å². The molecule has 0 aromatic heterocycles. The normalized spacial score (nSPS) is 29.8. The van der Waals surface area contributed by atoms with E-state index in [0.717, 1.165) is 24.8 Å². The number of benzene rings is 1. The Labute approximate surface area is 116 Å². The maximum Gasteiger partial charge on any atom is 0.143 e. The summed E-state index contributed by atoms with van der Waals surface area (Å²) >= 11 is 11.8. The Bertz CT molecular complexity index is 487. The van der Waals surface area contributed by atoms with Gasteiger partial charge in [-0.1, -0.05) is 29.3 Å². The number of carbonyl (C=O) groups is 1. The van der Waals surface area contributed by atoms with Gasteiger partial charge in [-0.2, -0.15) is 0 Å². The van der Waals surface area contributed by atoms with E-state index in [2.05, 4.69) is 0 Å². The Balaban J connectivity index is 1.69. The minimum absolute atomic E-state index is 0.0817. The van der Waals surface area contributed by atoms with Crippen LogP contribution in [-0.2, 0) is 16.0 Å². The highest BCUT2D eigenvalue weighted by atomic mass is 35.5. The van der Waals surface area contributed by atoms with E-state index in [0.29, 0.717) is 22.6 Å². The van der Waals surface area contributed by atoms with Gasteiger partial charge in [-0.3, -0.25) is 4.79 Å². The van der Waals surface area contributed by atoms with Crippen LogP contribution in [-0.4, -0.2) is 18.0 Å². The molecule has 96 valence electrons. The first-order valence-corrected chi connectivity index (χ1v) is 7.01. The van der Waals surface area contributed by atoms with Crippen LogP contribution in [0.2, 0.25) is 10.0 Å². The quantitative estimate of drug-likeness (QED) is 0.847. The van der Waals surface area contributed by atoms with Crippen LogP contribution in [0.5, 0.6) is 0 Å².